The third kappa shape index (κ3) is 10.5. The first-order valence-electron chi connectivity index (χ1n) is 21.8. The van der Waals surface area contributed by atoms with E-state index in [0.29, 0.717) is 45.6 Å². The van der Waals surface area contributed by atoms with Crippen molar-refractivity contribution < 1.29 is 18.9 Å². The maximum atomic E-state index is 13.1. The first kappa shape index (κ1) is 50.7. The Morgan fingerprint density at radius 1 is 0.743 bits per heavy atom. The molecule has 11 heterocycles. The average Bonchev–Trinajstić information content (AvgIpc) is 4.03. The molecule has 0 unspecified atom stereocenters. The monoisotopic (exact) mass is 998 g/mol. The highest BCUT2D eigenvalue weighted by Gasteiger charge is 2.52. The molecule has 3 saturated heterocycles. The Bertz CT molecular complexity index is 2900. The summed E-state index contributed by atoms with van der Waals surface area (Å²) in [4.78, 5) is 70.3. The van der Waals surface area contributed by atoms with E-state index in [1.165, 1.54) is 24.8 Å². The lowest BCUT2D eigenvalue weighted by Crippen LogP contribution is -2.48. The average molecular weight is 999 g/mol. The molecule has 6 aromatic rings. The molecule has 0 saturated carbocycles. The van der Waals surface area contributed by atoms with Gasteiger partial charge in [0.25, 0.3) is 5.82 Å². The summed E-state index contributed by atoms with van der Waals surface area (Å²) < 4.78 is 11.8. The van der Waals surface area contributed by atoms with Crippen molar-refractivity contribution in [1.29, 1.82) is 5.26 Å². The van der Waals surface area contributed by atoms with E-state index >= 15 is 0 Å². The zero-order valence-corrected chi connectivity index (χ0v) is 41.2. The van der Waals surface area contributed by atoms with E-state index in [9.17, 15) is 9.59 Å². The predicted molar refractivity (Wildman–Crippen MR) is 277 cm³/mol. The highest BCUT2D eigenvalue weighted by atomic mass is 35.5. The number of aromatic nitrogens is 8. The largest absolute Gasteiger partial charge is 0.498 e. The maximum absolute atomic E-state index is 13.1. The zero-order chi connectivity index (χ0) is 47.6. The zero-order valence-electron chi connectivity index (χ0n) is 38.5. The molecule has 0 spiro atoms. The summed E-state index contributed by atoms with van der Waals surface area (Å²) >= 11 is 6.01. The quantitative estimate of drug-likeness (QED) is 0.106. The van der Waals surface area contributed by atoms with E-state index in [4.69, 9.17) is 37.7 Å². The smallest absolute Gasteiger partial charge is 0.399 e. The summed E-state index contributed by atoms with van der Waals surface area (Å²) in [6, 6.07) is 16.1. The van der Waals surface area contributed by atoms with Crippen molar-refractivity contribution in [2.45, 2.75) is 63.8 Å². The molecule has 2 N–H and O–H groups in total. The van der Waals surface area contributed by atoms with Crippen molar-refractivity contribution in [3.8, 4) is 17.3 Å². The third-order valence-corrected chi connectivity index (χ3v) is 12.7. The molecule has 4 bridgehead atoms. The molecular formula is C46H48BClN16O4S2. The second-order valence-corrected chi connectivity index (χ2v) is 17.7. The summed E-state index contributed by atoms with van der Waals surface area (Å²) in [7, 11) is -0.410. The molecule has 2 atom stereocenters. The van der Waals surface area contributed by atoms with Gasteiger partial charge in [-0.05, 0) is 83.0 Å². The Morgan fingerprint density at radius 2 is 1.31 bits per heavy atom. The number of rotatable bonds is 4. The van der Waals surface area contributed by atoms with Crippen LogP contribution in [0.1, 0.15) is 46.2 Å². The summed E-state index contributed by atoms with van der Waals surface area (Å²) in [5.74, 6) is 2.40. The lowest BCUT2D eigenvalue weighted by molar-refractivity contribution is 0.00578. The van der Waals surface area contributed by atoms with Crippen LogP contribution in [0.25, 0.3) is 16.1 Å². The van der Waals surface area contributed by atoms with Crippen LogP contribution < -0.4 is 35.7 Å². The molecule has 70 heavy (non-hydrogen) atoms. The standard InChI is InChI=1S/C20H16N8O.C14H13ClN6O.C12H15BN2O2.2H2S/c21-9-14-2-1-13(10-24-14)16-3-4-17-19(25-16)28(15-5-8-27(17)12-15)20(29)26-18-11-22-6-7-23-18;15-11-2-1-10-13(18-11)21(9-3-6-20(10)8-9)14(22)19-12-7-16-4-5-17-12;1-11(2)12(3,4)17-13(16-11)9-6-7-10(14-5)15-8-9;;/h1-4,6-7,10-11,15H,5,8,12H2,(H,23,26,29);1-2,4-5,7,9H,3,6,8H2,(H,17,19,22);6-8H,1-4H3;2*1H2/t15-;9-;;;/m00.../s1. The van der Waals surface area contributed by atoms with Crippen molar-refractivity contribution in [2.75, 3.05) is 56.4 Å². The molecule has 20 nitrogen and oxygen atoms in total. The summed E-state index contributed by atoms with van der Waals surface area (Å²) in [6.45, 7) is 18.3. The fraction of sp³-hybridized carbons (Fsp3) is 0.304. The molecule has 5 aliphatic heterocycles. The summed E-state index contributed by atoms with van der Waals surface area (Å²) in [5.41, 5.74) is 3.84. The number of nitriles is 1. The maximum Gasteiger partial charge on any atom is 0.498 e. The predicted octanol–water partition coefficient (Wildman–Crippen LogP) is 6.75. The van der Waals surface area contributed by atoms with Gasteiger partial charge in [-0.2, -0.15) is 32.3 Å². The van der Waals surface area contributed by atoms with E-state index in [0.717, 1.165) is 61.4 Å². The van der Waals surface area contributed by atoms with E-state index in [-0.39, 0.29) is 62.3 Å². The van der Waals surface area contributed by atoms with Gasteiger partial charge in [0.05, 0.1) is 52.7 Å². The van der Waals surface area contributed by atoms with Crippen molar-refractivity contribution in [1.82, 2.24) is 39.9 Å². The number of carbonyl (C=O) groups excluding carboxylic acids is 2. The Labute approximate surface area is 423 Å². The van der Waals surface area contributed by atoms with Crippen LogP contribution in [0, 0.1) is 17.9 Å². The van der Waals surface area contributed by atoms with Gasteiger partial charge >= 0.3 is 19.2 Å². The molecule has 11 rings (SSSR count). The Hall–Kier alpha value is -7.15. The number of carbonyl (C=O) groups is 2. The van der Waals surface area contributed by atoms with Crippen molar-refractivity contribution >= 4 is 104 Å². The first-order chi connectivity index (χ1) is 32.8. The summed E-state index contributed by atoms with van der Waals surface area (Å²) in [5, 5.41) is 14.9. The van der Waals surface area contributed by atoms with Crippen LogP contribution in [0.3, 0.4) is 0 Å². The van der Waals surface area contributed by atoms with Crippen LogP contribution in [0.5, 0.6) is 0 Å². The number of pyridine rings is 4. The molecule has 0 aromatic carbocycles. The highest BCUT2D eigenvalue weighted by Crippen LogP contribution is 2.42. The minimum absolute atomic E-state index is 0. The normalized spacial score (nSPS) is 18.1. The van der Waals surface area contributed by atoms with Gasteiger partial charge in [0.1, 0.15) is 23.1 Å². The van der Waals surface area contributed by atoms with Crippen molar-refractivity contribution in [3.63, 3.8) is 0 Å². The number of hydrogen-bond acceptors (Lipinski definition) is 15. The van der Waals surface area contributed by atoms with E-state index < -0.39 is 7.12 Å². The van der Waals surface area contributed by atoms with Crippen LogP contribution >= 0.6 is 38.6 Å². The Kier molecular flexibility index (Phi) is 15.4. The number of halogens is 1. The fourth-order valence-electron chi connectivity index (χ4n) is 8.34. The van der Waals surface area contributed by atoms with Crippen LogP contribution in [0.15, 0.2) is 98.1 Å². The minimum Gasteiger partial charge on any atom is -0.399 e. The van der Waals surface area contributed by atoms with Crippen LogP contribution in [-0.2, 0) is 9.31 Å². The molecule has 6 aromatic heterocycles. The number of hydrogen-bond donors (Lipinski definition) is 2. The van der Waals surface area contributed by atoms with Crippen molar-refractivity contribution in [2.24, 2.45) is 0 Å². The van der Waals surface area contributed by atoms with Gasteiger partial charge < -0.3 is 24.0 Å². The second-order valence-electron chi connectivity index (χ2n) is 17.3. The molecule has 24 heteroatoms. The summed E-state index contributed by atoms with van der Waals surface area (Å²) in [6.07, 6.45) is 14.2. The van der Waals surface area contributed by atoms with E-state index in [1.807, 2.05) is 64.1 Å². The Morgan fingerprint density at radius 3 is 1.80 bits per heavy atom. The number of nitrogens with zero attached hydrogens (tertiary/aromatic N) is 14. The molecule has 4 amide bonds. The molecule has 5 aliphatic rings. The molecule has 358 valence electrons. The van der Waals surface area contributed by atoms with Gasteiger partial charge in [0.15, 0.2) is 23.3 Å². The topological polar surface area (TPSA) is 221 Å². The third-order valence-electron chi connectivity index (χ3n) is 12.5. The first-order valence-corrected chi connectivity index (χ1v) is 22.1. The van der Waals surface area contributed by atoms with Gasteiger partial charge in [-0.3, -0.25) is 30.4 Å². The number of fused-ring (bicyclic) bond motifs is 8. The minimum atomic E-state index is -0.410. The molecule has 0 aliphatic carbocycles. The SMILES string of the molecule is N#Cc1ccc(-c2ccc3c(n2)N(C(=O)Nc2cnccn2)[C@H]2CCN3C2)cn1.O=C(Nc1cnccn1)N1c2nc(Cl)ccc2N2CC[C@H]1C2.S.S.[C-]#[N+]c1ccc(B2OC(C)(C)C(C)(C)O2)cn1. The van der Waals surface area contributed by atoms with Crippen molar-refractivity contribution in [3.05, 3.63) is 120 Å². The Balaban J connectivity index is 0.000000158. The second kappa shape index (κ2) is 21.2. The highest BCUT2D eigenvalue weighted by molar-refractivity contribution is 7.59. The van der Waals surface area contributed by atoms with Gasteiger partial charge in [-0.1, -0.05) is 24.2 Å². The number of anilines is 6. The number of nitrogens with one attached hydrogen (secondary N) is 2. The fourth-order valence-corrected chi connectivity index (χ4v) is 8.48. The number of amides is 4. The molecular weight excluding hydrogens is 951 g/mol. The van der Waals surface area contributed by atoms with Gasteiger partial charge in [-0.25, -0.2) is 34.5 Å². The van der Waals surface area contributed by atoms with Crippen LogP contribution in [0.2, 0.25) is 5.15 Å². The van der Waals surface area contributed by atoms with Crippen LogP contribution in [-0.4, -0.2) is 109 Å². The van der Waals surface area contributed by atoms with E-state index in [2.05, 4.69) is 60.2 Å². The molecule has 3 fully saturated rings. The molecule has 0 radical (unpaired) electrons. The lowest BCUT2D eigenvalue weighted by Gasteiger charge is -2.35. The van der Waals surface area contributed by atoms with Gasteiger partial charge in [-0.15, -0.1) is 4.98 Å². The van der Waals surface area contributed by atoms with Gasteiger partial charge in [0, 0.05) is 68.2 Å². The van der Waals surface area contributed by atoms with Crippen LogP contribution in [0.4, 0.5) is 50.1 Å². The van der Waals surface area contributed by atoms with E-state index in [1.54, 1.807) is 52.8 Å². The lowest BCUT2D eigenvalue weighted by atomic mass is 9.80. The number of urea groups is 2. The van der Waals surface area contributed by atoms with Gasteiger partial charge in [0.2, 0.25) is 0 Å².